The Balaban J connectivity index is 1.91. The maximum absolute atomic E-state index is 11.4. The summed E-state index contributed by atoms with van der Waals surface area (Å²) in [7, 11) is 1.55. The molecule has 0 spiro atoms. The Morgan fingerprint density at radius 2 is 2.07 bits per heavy atom. The monoisotopic (exact) mass is 385 g/mol. The van der Waals surface area contributed by atoms with Crippen molar-refractivity contribution in [2.24, 2.45) is 5.73 Å². The lowest BCUT2D eigenvalue weighted by molar-refractivity contribution is -0.384. The summed E-state index contributed by atoms with van der Waals surface area (Å²) >= 11 is 0. The molecule has 1 fully saturated rings. The fourth-order valence-electron chi connectivity index (χ4n) is 3.46. The van der Waals surface area contributed by atoms with Gasteiger partial charge in [0.1, 0.15) is 5.69 Å². The summed E-state index contributed by atoms with van der Waals surface area (Å²) in [6, 6.07) is 12.1. The number of amides is 1. The van der Waals surface area contributed by atoms with Crippen LogP contribution in [0.3, 0.4) is 0 Å². The first-order chi connectivity index (χ1) is 13.5. The van der Waals surface area contributed by atoms with Crippen LogP contribution in [0.25, 0.3) is 0 Å². The van der Waals surface area contributed by atoms with Gasteiger partial charge in [0.15, 0.2) is 0 Å². The number of primary amides is 1. The molecular weight excluding hydrogens is 362 g/mol. The number of hydrogen-bond donors (Lipinski definition) is 1. The number of aromatic nitrogens is 1. The third-order valence-electron chi connectivity index (χ3n) is 4.85. The maximum Gasteiger partial charge on any atom is 0.292 e. The van der Waals surface area contributed by atoms with E-state index in [2.05, 4.69) is 9.88 Å². The van der Waals surface area contributed by atoms with Gasteiger partial charge >= 0.3 is 0 Å². The number of hydrogen-bond acceptors (Lipinski definition) is 7. The molecule has 2 aromatic rings. The van der Waals surface area contributed by atoms with E-state index in [9.17, 15) is 14.9 Å². The minimum atomic E-state index is -0.367. The minimum absolute atomic E-state index is 0.0745. The number of nitro groups is 1. The highest BCUT2D eigenvalue weighted by molar-refractivity contribution is 5.73. The molecule has 9 nitrogen and oxygen atoms in total. The van der Waals surface area contributed by atoms with E-state index in [-0.39, 0.29) is 29.0 Å². The van der Waals surface area contributed by atoms with Crippen molar-refractivity contribution in [1.29, 1.82) is 0 Å². The molecule has 1 unspecified atom stereocenters. The molecule has 1 amide bonds. The topological polar surface area (TPSA) is 115 Å². The van der Waals surface area contributed by atoms with Gasteiger partial charge in [-0.2, -0.15) is 0 Å². The van der Waals surface area contributed by atoms with Crippen LogP contribution in [0.4, 0.5) is 11.4 Å². The molecule has 2 N–H and O–H groups in total. The standard InChI is InChI=1S/C19H23N5O4/c1-28-19-8-4-5-14(21-19)17-13-23(12-11-22(17)10-9-18(20)25)15-6-2-3-7-16(15)24(26)27/h2-8,17H,9-13H2,1H3,(H2,20,25). The van der Waals surface area contributed by atoms with E-state index in [0.717, 1.165) is 5.69 Å². The fraction of sp³-hybridized carbons (Fsp3) is 0.368. The zero-order chi connectivity index (χ0) is 20.1. The lowest BCUT2D eigenvalue weighted by atomic mass is 10.1. The van der Waals surface area contributed by atoms with Crippen LogP contribution in [0.15, 0.2) is 42.5 Å². The van der Waals surface area contributed by atoms with Gasteiger partial charge in [0.05, 0.1) is 23.8 Å². The average Bonchev–Trinajstić information content (AvgIpc) is 2.72. The molecule has 28 heavy (non-hydrogen) atoms. The highest BCUT2D eigenvalue weighted by Crippen LogP contribution is 2.33. The van der Waals surface area contributed by atoms with Crippen LogP contribution >= 0.6 is 0 Å². The van der Waals surface area contributed by atoms with E-state index >= 15 is 0 Å². The van der Waals surface area contributed by atoms with Crippen molar-refractivity contribution < 1.29 is 14.5 Å². The number of nitrogens with zero attached hydrogens (tertiary/aromatic N) is 4. The van der Waals surface area contributed by atoms with Crippen molar-refractivity contribution in [2.75, 3.05) is 38.2 Å². The number of rotatable bonds is 7. The highest BCUT2D eigenvalue weighted by atomic mass is 16.6. The number of piperazine rings is 1. The van der Waals surface area contributed by atoms with Crippen molar-refractivity contribution in [3.63, 3.8) is 0 Å². The van der Waals surface area contributed by atoms with Crippen LogP contribution in [-0.4, -0.2) is 54.0 Å². The zero-order valence-electron chi connectivity index (χ0n) is 15.7. The number of carbonyl (C=O) groups excluding carboxylic acids is 1. The molecule has 2 heterocycles. The molecule has 1 saturated heterocycles. The van der Waals surface area contributed by atoms with Gasteiger partial charge in [-0.15, -0.1) is 0 Å². The van der Waals surface area contributed by atoms with Crippen molar-refractivity contribution in [3.05, 3.63) is 58.3 Å². The first kappa shape index (κ1) is 19.6. The largest absolute Gasteiger partial charge is 0.481 e. The molecule has 1 aromatic carbocycles. The van der Waals surface area contributed by atoms with Crippen LogP contribution in [0, 0.1) is 10.1 Å². The number of methoxy groups -OCH3 is 1. The summed E-state index contributed by atoms with van der Waals surface area (Å²) in [5.41, 5.74) is 6.76. The zero-order valence-corrected chi connectivity index (χ0v) is 15.7. The Labute approximate surface area is 162 Å². The fourth-order valence-corrected chi connectivity index (χ4v) is 3.46. The van der Waals surface area contributed by atoms with Crippen molar-refractivity contribution >= 4 is 17.3 Å². The van der Waals surface area contributed by atoms with Crippen LogP contribution in [-0.2, 0) is 4.79 Å². The number of para-hydroxylation sites is 2. The van der Waals surface area contributed by atoms with Crippen molar-refractivity contribution in [3.8, 4) is 5.88 Å². The van der Waals surface area contributed by atoms with E-state index in [1.54, 1.807) is 31.4 Å². The lowest BCUT2D eigenvalue weighted by Gasteiger charge is -2.41. The Kier molecular flexibility index (Phi) is 6.05. The third-order valence-corrected chi connectivity index (χ3v) is 4.85. The van der Waals surface area contributed by atoms with Gasteiger partial charge in [-0.05, 0) is 12.1 Å². The first-order valence-electron chi connectivity index (χ1n) is 9.01. The van der Waals surface area contributed by atoms with Crippen molar-refractivity contribution in [1.82, 2.24) is 9.88 Å². The molecule has 9 heteroatoms. The number of ether oxygens (including phenoxy) is 1. The number of pyridine rings is 1. The minimum Gasteiger partial charge on any atom is -0.481 e. The Morgan fingerprint density at radius 3 is 2.79 bits per heavy atom. The van der Waals surface area contributed by atoms with E-state index in [0.29, 0.717) is 37.7 Å². The van der Waals surface area contributed by atoms with Crippen LogP contribution in [0.2, 0.25) is 0 Å². The van der Waals surface area contributed by atoms with Gasteiger partial charge in [-0.1, -0.05) is 18.2 Å². The maximum atomic E-state index is 11.4. The average molecular weight is 385 g/mol. The summed E-state index contributed by atoms with van der Waals surface area (Å²) in [4.78, 5) is 31.0. The lowest BCUT2D eigenvalue weighted by Crippen LogP contribution is -2.49. The van der Waals surface area contributed by atoms with Crippen LogP contribution < -0.4 is 15.4 Å². The highest BCUT2D eigenvalue weighted by Gasteiger charge is 2.32. The smallest absolute Gasteiger partial charge is 0.292 e. The molecule has 3 rings (SSSR count). The molecule has 1 aliphatic rings. The van der Waals surface area contributed by atoms with Gasteiger partial charge in [-0.25, -0.2) is 4.98 Å². The molecule has 1 aromatic heterocycles. The third kappa shape index (κ3) is 4.37. The molecule has 0 radical (unpaired) electrons. The number of carbonyl (C=O) groups is 1. The number of nitro benzene ring substituents is 1. The van der Waals surface area contributed by atoms with Gasteiger partial charge in [0, 0.05) is 44.7 Å². The summed E-state index contributed by atoms with van der Waals surface area (Å²) in [6.45, 7) is 2.24. The van der Waals surface area contributed by atoms with E-state index in [1.165, 1.54) is 6.07 Å². The Bertz CT molecular complexity index is 860. The number of nitrogens with two attached hydrogens (primary N) is 1. The van der Waals surface area contributed by atoms with Crippen LogP contribution in [0.1, 0.15) is 18.2 Å². The Hall–Kier alpha value is -3.20. The second-order valence-electron chi connectivity index (χ2n) is 6.56. The van der Waals surface area contributed by atoms with Gasteiger partial charge in [0.2, 0.25) is 11.8 Å². The van der Waals surface area contributed by atoms with Crippen molar-refractivity contribution in [2.45, 2.75) is 12.5 Å². The molecule has 0 aliphatic carbocycles. The second kappa shape index (κ2) is 8.66. The summed E-state index contributed by atoms with van der Waals surface area (Å²) in [6.07, 6.45) is 0.242. The molecule has 1 atom stereocenters. The normalized spacial score (nSPS) is 17.3. The SMILES string of the molecule is COc1cccc(C2CN(c3ccccc3[N+](=O)[O-])CCN2CCC(N)=O)n1. The quantitative estimate of drug-likeness (QED) is 0.570. The second-order valence-corrected chi connectivity index (χ2v) is 6.56. The van der Waals surface area contributed by atoms with Gasteiger partial charge in [0.25, 0.3) is 5.69 Å². The summed E-state index contributed by atoms with van der Waals surface area (Å²) in [5, 5.41) is 11.4. The Morgan fingerprint density at radius 1 is 1.29 bits per heavy atom. The predicted molar refractivity (Wildman–Crippen MR) is 104 cm³/mol. The number of anilines is 1. The molecule has 0 bridgehead atoms. The first-order valence-corrected chi connectivity index (χ1v) is 9.01. The van der Waals surface area contributed by atoms with E-state index < -0.39 is 0 Å². The summed E-state index contributed by atoms with van der Waals surface area (Å²) in [5.74, 6) is 0.133. The van der Waals surface area contributed by atoms with E-state index in [1.807, 2.05) is 17.0 Å². The summed E-state index contributed by atoms with van der Waals surface area (Å²) < 4.78 is 5.23. The number of benzene rings is 1. The van der Waals surface area contributed by atoms with Gasteiger partial charge in [-0.3, -0.25) is 19.8 Å². The molecule has 148 valence electrons. The van der Waals surface area contributed by atoms with E-state index in [4.69, 9.17) is 10.5 Å². The van der Waals surface area contributed by atoms with Gasteiger partial charge < -0.3 is 15.4 Å². The predicted octanol–water partition coefficient (Wildman–Crippen LogP) is 1.74. The molecule has 0 saturated carbocycles. The van der Waals surface area contributed by atoms with Crippen LogP contribution in [0.5, 0.6) is 5.88 Å². The molecular formula is C19H23N5O4. The molecule has 1 aliphatic heterocycles.